The Balaban J connectivity index is 3.02. The van der Waals surface area contributed by atoms with Gasteiger partial charge in [-0.15, -0.1) is 0 Å². The predicted octanol–water partition coefficient (Wildman–Crippen LogP) is 2.92. The zero-order chi connectivity index (χ0) is 13.5. The average molecular weight is 319 g/mol. The third kappa shape index (κ3) is 3.89. The summed E-state index contributed by atoms with van der Waals surface area (Å²) in [4.78, 5) is 10.9. The van der Waals surface area contributed by atoms with Crippen molar-refractivity contribution in [1.29, 1.82) is 0 Å². The summed E-state index contributed by atoms with van der Waals surface area (Å²) in [5.74, 6) is -0.202. The van der Waals surface area contributed by atoms with E-state index in [1.165, 1.54) is 12.1 Å². The first-order valence-corrected chi connectivity index (χ1v) is 6.29. The highest BCUT2D eigenvalue weighted by Gasteiger charge is 2.15. The number of carboxylic acid groups (broad SMARTS) is 1. The number of halogens is 1. The van der Waals surface area contributed by atoms with Crippen LogP contribution in [0.3, 0.4) is 0 Å². The Morgan fingerprint density at radius 2 is 2.00 bits per heavy atom. The number of carboxylic acids is 1. The van der Waals surface area contributed by atoms with E-state index >= 15 is 0 Å². The Morgan fingerprint density at radius 3 is 2.56 bits per heavy atom. The molecule has 0 spiro atoms. The first-order chi connectivity index (χ1) is 8.60. The summed E-state index contributed by atoms with van der Waals surface area (Å²) in [7, 11) is 0. The van der Waals surface area contributed by atoms with Gasteiger partial charge in [0.2, 0.25) is 0 Å². The highest BCUT2D eigenvalue weighted by Crippen LogP contribution is 2.36. The molecule has 1 aromatic carbocycles. The molecule has 100 valence electrons. The molecule has 0 heterocycles. The first kappa shape index (κ1) is 14.8. The van der Waals surface area contributed by atoms with Gasteiger partial charge in [-0.1, -0.05) is 0 Å². The van der Waals surface area contributed by atoms with Gasteiger partial charge in [-0.3, -0.25) is 0 Å². The molecule has 1 N–H and O–H groups in total. The van der Waals surface area contributed by atoms with Crippen LogP contribution in [0.25, 0.3) is 0 Å². The molecule has 0 saturated heterocycles. The van der Waals surface area contributed by atoms with Gasteiger partial charge in [0.1, 0.15) is 0 Å². The molecule has 1 rings (SSSR count). The summed E-state index contributed by atoms with van der Waals surface area (Å²) in [6.07, 6.45) is 0. The molecule has 6 heteroatoms. The van der Waals surface area contributed by atoms with Gasteiger partial charge in [0.05, 0.1) is 16.6 Å². The van der Waals surface area contributed by atoms with E-state index in [1.54, 1.807) is 0 Å². The lowest BCUT2D eigenvalue weighted by Gasteiger charge is -2.14. The molecule has 0 aliphatic heterocycles. The van der Waals surface area contributed by atoms with E-state index in [9.17, 15) is 4.79 Å². The molecule has 0 radical (unpaired) electrons. The van der Waals surface area contributed by atoms with Crippen LogP contribution in [-0.2, 0) is 4.74 Å². The van der Waals surface area contributed by atoms with Crippen molar-refractivity contribution >= 4 is 21.9 Å². The maximum absolute atomic E-state index is 10.9. The monoisotopic (exact) mass is 318 g/mol. The van der Waals surface area contributed by atoms with E-state index in [4.69, 9.17) is 19.3 Å². The Hall–Kier alpha value is -1.27. The van der Waals surface area contributed by atoms with Crippen molar-refractivity contribution in [2.75, 3.05) is 20.0 Å². The molecular weight excluding hydrogens is 304 g/mol. The molecule has 0 atom stereocenters. The topological polar surface area (TPSA) is 65.0 Å². The molecule has 0 unspecified atom stereocenters. The fourth-order valence-corrected chi connectivity index (χ4v) is 1.83. The zero-order valence-electron chi connectivity index (χ0n) is 10.2. The van der Waals surface area contributed by atoms with Crippen LogP contribution >= 0.6 is 15.9 Å². The van der Waals surface area contributed by atoms with Crippen LogP contribution in [0, 0.1) is 0 Å². The number of aromatic carboxylic acids is 1. The molecule has 0 saturated carbocycles. The third-order valence-corrected chi connectivity index (χ3v) is 2.64. The van der Waals surface area contributed by atoms with E-state index in [1.807, 2.05) is 13.8 Å². The van der Waals surface area contributed by atoms with E-state index < -0.39 is 5.97 Å². The summed E-state index contributed by atoms with van der Waals surface area (Å²) in [5.41, 5.74) is 0.133. The van der Waals surface area contributed by atoms with Gasteiger partial charge < -0.3 is 19.3 Å². The van der Waals surface area contributed by atoms with Crippen molar-refractivity contribution in [2.45, 2.75) is 13.8 Å². The first-order valence-electron chi connectivity index (χ1n) is 5.50. The maximum atomic E-state index is 10.9. The number of ether oxygens (including phenoxy) is 3. The Morgan fingerprint density at radius 1 is 1.28 bits per heavy atom. The van der Waals surface area contributed by atoms with E-state index in [0.29, 0.717) is 29.2 Å². The van der Waals surface area contributed by atoms with Crippen LogP contribution in [0.2, 0.25) is 0 Å². The van der Waals surface area contributed by atoms with Crippen molar-refractivity contribution in [3.63, 3.8) is 0 Å². The van der Waals surface area contributed by atoms with Gasteiger partial charge in [-0.05, 0) is 41.9 Å². The molecule has 0 bridgehead atoms. The summed E-state index contributed by atoms with van der Waals surface area (Å²) in [5, 5.41) is 8.97. The van der Waals surface area contributed by atoms with E-state index in [2.05, 4.69) is 15.9 Å². The van der Waals surface area contributed by atoms with Crippen LogP contribution in [0.5, 0.6) is 11.5 Å². The van der Waals surface area contributed by atoms with Crippen molar-refractivity contribution in [3.8, 4) is 11.5 Å². The molecule has 0 aliphatic rings. The van der Waals surface area contributed by atoms with Gasteiger partial charge in [-0.2, -0.15) is 0 Å². The Kier molecular flexibility index (Phi) is 5.94. The maximum Gasteiger partial charge on any atom is 0.335 e. The normalized spacial score (nSPS) is 10.2. The minimum Gasteiger partial charge on any atom is -0.490 e. The zero-order valence-corrected chi connectivity index (χ0v) is 11.8. The SMILES string of the molecule is CCOCOc1c(Br)cc(C(=O)O)cc1OCC. The highest BCUT2D eigenvalue weighted by atomic mass is 79.9. The smallest absolute Gasteiger partial charge is 0.335 e. The molecule has 0 fully saturated rings. The standard InChI is InChI=1S/C12H15BrO5/c1-3-16-7-18-11-9(13)5-8(12(14)15)6-10(11)17-4-2/h5-6H,3-4,7H2,1-2H3,(H,14,15). The lowest BCUT2D eigenvalue weighted by molar-refractivity contribution is 0.0201. The van der Waals surface area contributed by atoms with Crippen molar-refractivity contribution in [2.24, 2.45) is 0 Å². The second-order valence-corrected chi connectivity index (χ2v) is 4.13. The van der Waals surface area contributed by atoms with Gasteiger partial charge >= 0.3 is 5.97 Å². The predicted molar refractivity (Wildman–Crippen MR) is 69.4 cm³/mol. The fourth-order valence-electron chi connectivity index (χ4n) is 1.28. The van der Waals surface area contributed by atoms with Gasteiger partial charge in [0.25, 0.3) is 0 Å². The molecule has 0 aromatic heterocycles. The Labute approximate surface area is 114 Å². The second-order valence-electron chi connectivity index (χ2n) is 3.28. The second kappa shape index (κ2) is 7.23. The molecular formula is C12H15BrO5. The highest BCUT2D eigenvalue weighted by molar-refractivity contribution is 9.10. The van der Waals surface area contributed by atoms with E-state index in [0.717, 1.165) is 0 Å². The Bertz CT molecular complexity index is 419. The van der Waals surface area contributed by atoms with Crippen LogP contribution in [0.4, 0.5) is 0 Å². The molecule has 5 nitrogen and oxygen atoms in total. The van der Waals surface area contributed by atoms with Crippen LogP contribution in [0.15, 0.2) is 16.6 Å². The summed E-state index contributed by atoms with van der Waals surface area (Å²) < 4.78 is 16.4. The van der Waals surface area contributed by atoms with Crippen molar-refractivity contribution in [3.05, 3.63) is 22.2 Å². The molecule has 0 aliphatic carbocycles. The number of carbonyl (C=O) groups is 1. The number of hydrogen-bond donors (Lipinski definition) is 1. The van der Waals surface area contributed by atoms with Gasteiger partial charge in [0, 0.05) is 6.61 Å². The van der Waals surface area contributed by atoms with Crippen LogP contribution < -0.4 is 9.47 Å². The average Bonchev–Trinajstić information content (AvgIpc) is 2.32. The molecule has 18 heavy (non-hydrogen) atoms. The minimum atomic E-state index is -1.02. The van der Waals surface area contributed by atoms with Crippen molar-refractivity contribution < 1.29 is 24.1 Å². The number of benzene rings is 1. The number of hydrogen-bond acceptors (Lipinski definition) is 4. The lowest BCUT2D eigenvalue weighted by Crippen LogP contribution is -2.06. The van der Waals surface area contributed by atoms with Crippen molar-refractivity contribution in [1.82, 2.24) is 0 Å². The minimum absolute atomic E-state index is 0.0849. The number of rotatable bonds is 7. The summed E-state index contributed by atoms with van der Waals surface area (Å²) in [6.45, 7) is 4.71. The van der Waals surface area contributed by atoms with Gasteiger partial charge in [-0.25, -0.2) is 4.79 Å². The molecule has 1 aromatic rings. The third-order valence-electron chi connectivity index (χ3n) is 2.05. The summed E-state index contributed by atoms with van der Waals surface area (Å²) >= 11 is 3.26. The van der Waals surface area contributed by atoms with E-state index in [-0.39, 0.29) is 12.4 Å². The quantitative estimate of drug-likeness (QED) is 0.618. The van der Waals surface area contributed by atoms with Crippen LogP contribution in [0.1, 0.15) is 24.2 Å². The van der Waals surface area contributed by atoms with Gasteiger partial charge in [0.15, 0.2) is 18.3 Å². The lowest BCUT2D eigenvalue weighted by atomic mass is 10.2. The van der Waals surface area contributed by atoms with Crippen LogP contribution in [-0.4, -0.2) is 31.1 Å². The largest absolute Gasteiger partial charge is 0.490 e. The molecule has 0 amide bonds. The summed E-state index contributed by atoms with van der Waals surface area (Å²) in [6, 6.07) is 2.89. The fraction of sp³-hybridized carbons (Fsp3) is 0.417.